The summed E-state index contributed by atoms with van der Waals surface area (Å²) in [5, 5.41) is 15.5. The zero-order valence-electron chi connectivity index (χ0n) is 15.0. The van der Waals surface area contributed by atoms with E-state index in [0.29, 0.717) is 11.3 Å². The van der Waals surface area contributed by atoms with Crippen LogP contribution in [0.25, 0.3) is 0 Å². The molecule has 154 valence electrons. The molecule has 0 aliphatic carbocycles. The number of ether oxygens (including phenoxy) is 2. The molecule has 2 aromatic carbocycles. The average molecular weight is 410 g/mol. The lowest BCUT2D eigenvalue weighted by atomic mass is 9.88. The fourth-order valence-electron chi connectivity index (χ4n) is 2.86. The van der Waals surface area contributed by atoms with Gasteiger partial charge in [-0.1, -0.05) is 18.2 Å². The van der Waals surface area contributed by atoms with Gasteiger partial charge in [0.2, 0.25) is 0 Å². The Morgan fingerprint density at radius 2 is 1.79 bits per heavy atom. The predicted octanol–water partition coefficient (Wildman–Crippen LogP) is 2.31. The molecule has 7 nitrogen and oxygen atoms in total. The van der Waals surface area contributed by atoms with Gasteiger partial charge in [0.1, 0.15) is 17.1 Å². The quantitative estimate of drug-likeness (QED) is 0.673. The molecule has 0 radical (unpaired) electrons. The van der Waals surface area contributed by atoms with Crippen molar-refractivity contribution in [3.05, 3.63) is 54.1 Å². The van der Waals surface area contributed by atoms with Gasteiger partial charge in [-0.2, -0.15) is 0 Å². The topological polar surface area (TPSA) is 96.9 Å². The Morgan fingerprint density at radius 3 is 2.48 bits per heavy atom. The Labute approximate surface area is 163 Å². The van der Waals surface area contributed by atoms with Crippen LogP contribution in [-0.4, -0.2) is 36.4 Å². The average Bonchev–Trinajstić information content (AvgIpc) is 2.67. The van der Waals surface area contributed by atoms with Crippen LogP contribution < -0.4 is 20.1 Å². The summed E-state index contributed by atoms with van der Waals surface area (Å²) in [5.74, 6) is -1.99. The van der Waals surface area contributed by atoms with Crippen LogP contribution in [0.4, 0.5) is 18.9 Å². The number of para-hydroxylation sites is 1. The number of halogens is 3. The maximum absolute atomic E-state index is 12.1. The zero-order chi connectivity index (χ0) is 21.1. The minimum atomic E-state index is -4.83. The molecule has 0 fully saturated rings. The number of anilines is 1. The van der Waals surface area contributed by atoms with E-state index in [1.807, 2.05) is 0 Å². The molecule has 0 bridgehead atoms. The number of aliphatic hydroxyl groups is 1. The lowest BCUT2D eigenvalue weighted by molar-refractivity contribution is -0.274. The standard InChI is InChI=1S/C19H17F3N2O5/c20-19(21,22)29-13-7-5-12(6-8-13)24-17(26)16(25)23-11-18(27)9-10-28-15-4-2-1-3-14(15)18/h1-8,27H,9-11H2,(H,23,25)(H,24,26)/t18-/m1/s1. The molecule has 2 amide bonds. The Bertz CT molecular complexity index is 901. The third kappa shape index (κ3) is 5.17. The number of nitrogens with one attached hydrogen (secondary N) is 2. The molecule has 0 aromatic heterocycles. The summed E-state index contributed by atoms with van der Waals surface area (Å²) in [4.78, 5) is 24.1. The molecule has 3 N–H and O–H groups in total. The highest BCUT2D eigenvalue weighted by Crippen LogP contribution is 2.36. The highest BCUT2D eigenvalue weighted by Gasteiger charge is 2.36. The molecule has 1 aliphatic rings. The first-order valence-electron chi connectivity index (χ1n) is 8.56. The SMILES string of the molecule is O=C(NC[C@]1(O)CCOc2ccccc21)C(=O)Nc1ccc(OC(F)(F)F)cc1. The number of hydrogen-bond donors (Lipinski definition) is 3. The van der Waals surface area contributed by atoms with E-state index in [1.54, 1.807) is 24.3 Å². The van der Waals surface area contributed by atoms with E-state index >= 15 is 0 Å². The number of benzene rings is 2. The van der Waals surface area contributed by atoms with Gasteiger partial charge in [0.15, 0.2) is 0 Å². The van der Waals surface area contributed by atoms with Crippen LogP contribution in [0.15, 0.2) is 48.5 Å². The third-order valence-corrected chi connectivity index (χ3v) is 4.26. The highest BCUT2D eigenvalue weighted by atomic mass is 19.4. The van der Waals surface area contributed by atoms with E-state index in [4.69, 9.17) is 4.74 Å². The molecule has 1 heterocycles. The van der Waals surface area contributed by atoms with Crippen LogP contribution in [0.2, 0.25) is 0 Å². The Balaban J connectivity index is 1.57. The minimum absolute atomic E-state index is 0.106. The summed E-state index contributed by atoms with van der Waals surface area (Å²) in [6, 6.07) is 11.2. The van der Waals surface area contributed by atoms with Crippen molar-refractivity contribution in [3.63, 3.8) is 0 Å². The number of amides is 2. The molecular weight excluding hydrogens is 393 g/mol. The van der Waals surface area contributed by atoms with Crippen LogP contribution in [0.5, 0.6) is 11.5 Å². The Morgan fingerprint density at radius 1 is 1.10 bits per heavy atom. The van der Waals surface area contributed by atoms with E-state index in [0.717, 1.165) is 24.3 Å². The Hall–Kier alpha value is -3.27. The second-order valence-electron chi connectivity index (χ2n) is 6.34. The first-order valence-corrected chi connectivity index (χ1v) is 8.56. The van der Waals surface area contributed by atoms with Crippen molar-refractivity contribution in [2.45, 2.75) is 18.4 Å². The lowest BCUT2D eigenvalue weighted by Crippen LogP contribution is -2.46. The number of hydrogen-bond acceptors (Lipinski definition) is 5. The van der Waals surface area contributed by atoms with Gasteiger partial charge in [-0.3, -0.25) is 9.59 Å². The van der Waals surface area contributed by atoms with E-state index in [9.17, 15) is 27.9 Å². The number of rotatable bonds is 4. The van der Waals surface area contributed by atoms with Crippen molar-refractivity contribution in [1.82, 2.24) is 5.32 Å². The van der Waals surface area contributed by atoms with Gasteiger partial charge in [0.05, 0.1) is 13.2 Å². The van der Waals surface area contributed by atoms with Gasteiger partial charge >= 0.3 is 18.2 Å². The summed E-state index contributed by atoms with van der Waals surface area (Å²) in [6.07, 6.45) is -4.60. The minimum Gasteiger partial charge on any atom is -0.493 e. The predicted molar refractivity (Wildman–Crippen MR) is 95.2 cm³/mol. The summed E-state index contributed by atoms with van der Waals surface area (Å²) in [6.45, 7) is 0.0416. The van der Waals surface area contributed by atoms with Gasteiger partial charge < -0.3 is 25.2 Å². The normalized spacial score (nSPS) is 18.2. The van der Waals surface area contributed by atoms with Gasteiger partial charge in [-0.25, -0.2) is 0 Å². The van der Waals surface area contributed by atoms with E-state index in [2.05, 4.69) is 15.4 Å². The molecule has 0 saturated heterocycles. The number of fused-ring (bicyclic) bond motifs is 1. The molecule has 0 saturated carbocycles. The monoisotopic (exact) mass is 410 g/mol. The first-order chi connectivity index (χ1) is 13.7. The highest BCUT2D eigenvalue weighted by molar-refractivity contribution is 6.39. The third-order valence-electron chi connectivity index (χ3n) is 4.26. The maximum atomic E-state index is 12.1. The van der Waals surface area contributed by atoms with Gasteiger partial charge in [0.25, 0.3) is 0 Å². The van der Waals surface area contributed by atoms with E-state index < -0.39 is 29.5 Å². The molecule has 29 heavy (non-hydrogen) atoms. The zero-order valence-corrected chi connectivity index (χ0v) is 15.0. The van der Waals surface area contributed by atoms with Crippen molar-refractivity contribution < 1.29 is 37.3 Å². The molecule has 0 unspecified atom stereocenters. The second kappa shape index (κ2) is 8.00. The van der Waals surface area contributed by atoms with E-state index in [-0.39, 0.29) is 25.3 Å². The summed E-state index contributed by atoms with van der Waals surface area (Å²) >= 11 is 0. The summed E-state index contributed by atoms with van der Waals surface area (Å²) < 4.78 is 45.6. The molecular formula is C19H17F3N2O5. The molecule has 3 rings (SSSR count). The smallest absolute Gasteiger partial charge is 0.493 e. The van der Waals surface area contributed by atoms with Crippen molar-refractivity contribution in [3.8, 4) is 11.5 Å². The van der Waals surface area contributed by atoms with Gasteiger partial charge in [0, 0.05) is 17.7 Å². The maximum Gasteiger partial charge on any atom is 0.573 e. The van der Waals surface area contributed by atoms with Gasteiger partial charge in [-0.05, 0) is 30.3 Å². The van der Waals surface area contributed by atoms with Crippen LogP contribution in [-0.2, 0) is 15.2 Å². The lowest BCUT2D eigenvalue weighted by Gasteiger charge is -2.34. The van der Waals surface area contributed by atoms with Gasteiger partial charge in [-0.15, -0.1) is 13.2 Å². The first kappa shape index (κ1) is 20.5. The van der Waals surface area contributed by atoms with Crippen molar-refractivity contribution in [1.29, 1.82) is 0 Å². The fraction of sp³-hybridized carbons (Fsp3) is 0.263. The molecule has 10 heteroatoms. The fourth-order valence-corrected chi connectivity index (χ4v) is 2.86. The number of carbonyl (C=O) groups excluding carboxylic acids is 2. The number of carbonyl (C=O) groups is 2. The molecule has 1 atom stereocenters. The van der Waals surface area contributed by atoms with Crippen LogP contribution in [0.3, 0.4) is 0 Å². The largest absolute Gasteiger partial charge is 0.573 e. The summed E-state index contributed by atoms with van der Waals surface area (Å²) in [5.41, 5.74) is -0.775. The van der Waals surface area contributed by atoms with Crippen LogP contribution in [0, 0.1) is 0 Å². The molecule has 0 spiro atoms. The van der Waals surface area contributed by atoms with Crippen molar-refractivity contribution >= 4 is 17.5 Å². The van der Waals surface area contributed by atoms with Crippen molar-refractivity contribution in [2.24, 2.45) is 0 Å². The molecule has 1 aliphatic heterocycles. The van der Waals surface area contributed by atoms with Crippen LogP contribution in [0.1, 0.15) is 12.0 Å². The number of alkyl halides is 3. The van der Waals surface area contributed by atoms with E-state index in [1.165, 1.54) is 0 Å². The molecule has 2 aromatic rings. The summed E-state index contributed by atoms with van der Waals surface area (Å²) in [7, 11) is 0. The van der Waals surface area contributed by atoms with Crippen molar-refractivity contribution in [2.75, 3.05) is 18.5 Å². The van der Waals surface area contributed by atoms with Crippen LogP contribution >= 0.6 is 0 Å². The second-order valence-corrected chi connectivity index (χ2v) is 6.34. The Kier molecular flexibility index (Phi) is 5.64.